The molecule has 0 saturated heterocycles. The van der Waals surface area contributed by atoms with Crippen molar-refractivity contribution in [1.29, 1.82) is 0 Å². The lowest BCUT2D eigenvalue weighted by Crippen LogP contribution is -2.03. The molecule has 0 spiro atoms. The monoisotopic (exact) mass is 263 g/mol. The molecule has 1 N–H and O–H groups in total. The van der Waals surface area contributed by atoms with Crippen LogP contribution in [0, 0.1) is 0 Å². The van der Waals surface area contributed by atoms with Crippen LogP contribution < -0.4 is 5.32 Å². The molecule has 0 radical (unpaired) electrons. The Labute approximate surface area is 108 Å². The lowest BCUT2D eigenvalue weighted by Gasteiger charge is -2.09. The van der Waals surface area contributed by atoms with Crippen LogP contribution in [0.15, 0.2) is 35.0 Å². The van der Waals surface area contributed by atoms with Gasteiger partial charge in [0.25, 0.3) is 0 Å². The number of hydrogen-bond donors (Lipinski definition) is 1. The summed E-state index contributed by atoms with van der Waals surface area (Å²) in [5, 5.41) is 6.75. The molecule has 2 heterocycles. The highest BCUT2D eigenvalue weighted by atomic mass is 35.5. The lowest BCUT2D eigenvalue weighted by molar-refractivity contribution is -0.115. The van der Waals surface area contributed by atoms with Gasteiger partial charge in [-0.25, -0.2) is 0 Å². The van der Waals surface area contributed by atoms with Crippen molar-refractivity contribution in [1.82, 2.24) is 0 Å². The van der Waals surface area contributed by atoms with Crippen LogP contribution in [-0.4, -0.2) is 5.91 Å². The van der Waals surface area contributed by atoms with E-state index in [0.717, 1.165) is 22.4 Å². The second kappa shape index (κ2) is 4.17. The molecule has 86 valence electrons. The van der Waals surface area contributed by atoms with Crippen LogP contribution in [0.3, 0.4) is 0 Å². The van der Waals surface area contributed by atoms with E-state index in [0.29, 0.717) is 6.42 Å². The van der Waals surface area contributed by atoms with E-state index in [9.17, 15) is 4.79 Å². The van der Waals surface area contributed by atoms with Crippen LogP contribution in [0.1, 0.15) is 22.1 Å². The van der Waals surface area contributed by atoms with Gasteiger partial charge in [-0.15, -0.1) is 11.6 Å². The van der Waals surface area contributed by atoms with Crippen LogP contribution in [0.4, 0.5) is 5.69 Å². The van der Waals surface area contributed by atoms with Gasteiger partial charge in [0.05, 0.1) is 11.8 Å². The van der Waals surface area contributed by atoms with E-state index in [-0.39, 0.29) is 11.3 Å². The summed E-state index contributed by atoms with van der Waals surface area (Å²) in [4.78, 5) is 11.3. The maximum absolute atomic E-state index is 11.3. The van der Waals surface area contributed by atoms with Gasteiger partial charge in [-0.3, -0.25) is 4.79 Å². The Bertz CT molecular complexity index is 565. The van der Waals surface area contributed by atoms with Crippen molar-refractivity contribution in [2.24, 2.45) is 0 Å². The van der Waals surface area contributed by atoms with Crippen molar-refractivity contribution in [3.8, 4) is 0 Å². The average molecular weight is 264 g/mol. The third-order valence-corrected chi connectivity index (χ3v) is 4.09. The molecule has 17 heavy (non-hydrogen) atoms. The van der Waals surface area contributed by atoms with Gasteiger partial charge >= 0.3 is 0 Å². The summed E-state index contributed by atoms with van der Waals surface area (Å²) in [6.07, 6.45) is 0.455. The van der Waals surface area contributed by atoms with Crippen LogP contribution in [0.2, 0.25) is 0 Å². The number of benzene rings is 1. The SMILES string of the molecule is O=C1Cc2cc(C(Cl)c3ccsc3)ccc2N1. The Morgan fingerprint density at radius 1 is 1.29 bits per heavy atom. The van der Waals surface area contributed by atoms with Crippen LogP contribution >= 0.6 is 22.9 Å². The molecule has 1 aliphatic rings. The first-order valence-corrected chi connectivity index (χ1v) is 6.71. The highest BCUT2D eigenvalue weighted by Gasteiger charge is 2.19. The summed E-state index contributed by atoms with van der Waals surface area (Å²) >= 11 is 8.05. The zero-order valence-electron chi connectivity index (χ0n) is 8.94. The Kier molecular flexibility index (Phi) is 2.65. The number of carbonyl (C=O) groups excluding carboxylic acids is 1. The first kappa shape index (κ1) is 10.8. The van der Waals surface area contributed by atoms with Crippen LogP contribution in [-0.2, 0) is 11.2 Å². The molecule has 0 fully saturated rings. The largest absolute Gasteiger partial charge is 0.326 e. The summed E-state index contributed by atoms with van der Waals surface area (Å²) in [6.45, 7) is 0. The number of halogens is 1. The lowest BCUT2D eigenvalue weighted by atomic mass is 10.0. The molecular formula is C13H10ClNOS. The Morgan fingerprint density at radius 2 is 2.18 bits per heavy atom. The number of fused-ring (bicyclic) bond motifs is 1. The number of amides is 1. The molecule has 3 rings (SSSR count). The summed E-state index contributed by atoms with van der Waals surface area (Å²) in [5.74, 6) is 0.0544. The summed E-state index contributed by atoms with van der Waals surface area (Å²) in [7, 11) is 0. The Balaban J connectivity index is 1.95. The van der Waals surface area contributed by atoms with E-state index < -0.39 is 0 Å². The van der Waals surface area contributed by atoms with Crippen LogP contribution in [0.5, 0.6) is 0 Å². The van der Waals surface area contributed by atoms with Crippen molar-refractivity contribution in [2.75, 3.05) is 5.32 Å². The topological polar surface area (TPSA) is 29.1 Å². The predicted molar refractivity (Wildman–Crippen MR) is 70.8 cm³/mol. The fraction of sp³-hybridized carbons (Fsp3) is 0.154. The number of nitrogens with one attached hydrogen (secondary N) is 1. The Hall–Kier alpha value is -1.32. The van der Waals surface area contributed by atoms with Gasteiger partial charge in [-0.05, 0) is 39.6 Å². The number of carbonyl (C=O) groups is 1. The maximum atomic E-state index is 11.3. The van der Waals surface area contributed by atoms with E-state index in [1.54, 1.807) is 11.3 Å². The third kappa shape index (κ3) is 1.96. The number of thiophene rings is 1. The molecule has 1 atom stereocenters. The molecule has 1 aliphatic heterocycles. The normalized spacial score (nSPS) is 15.5. The predicted octanol–water partition coefficient (Wildman–Crippen LogP) is 3.57. The fourth-order valence-corrected chi connectivity index (χ4v) is 3.05. The summed E-state index contributed by atoms with van der Waals surface area (Å²) < 4.78 is 0. The Morgan fingerprint density at radius 3 is 2.94 bits per heavy atom. The summed E-state index contributed by atoms with van der Waals surface area (Å²) in [6, 6.07) is 7.94. The molecule has 4 heteroatoms. The molecule has 0 aliphatic carbocycles. The quantitative estimate of drug-likeness (QED) is 0.825. The zero-order chi connectivity index (χ0) is 11.8. The van der Waals surface area contributed by atoms with Crippen molar-refractivity contribution < 1.29 is 4.79 Å². The number of hydrogen-bond acceptors (Lipinski definition) is 2. The molecule has 1 amide bonds. The highest BCUT2D eigenvalue weighted by molar-refractivity contribution is 7.08. The highest BCUT2D eigenvalue weighted by Crippen LogP contribution is 2.33. The van der Waals surface area contributed by atoms with Crippen molar-refractivity contribution in [3.05, 3.63) is 51.7 Å². The molecule has 0 saturated carbocycles. The maximum Gasteiger partial charge on any atom is 0.228 e. The summed E-state index contributed by atoms with van der Waals surface area (Å²) in [5.41, 5.74) is 4.09. The molecule has 0 bridgehead atoms. The standard InChI is InChI=1S/C13H10ClNOS/c14-13(9-3-4-17-7-9)8-1-2-11-10(5-8)6-12(16)15-11/h1-5,7,13H,6H2,(H,15,16). The van der Waals surface area contributed by atoms with E-state index in [1.807, 2.05) is 35.0 Å². The van der Waals surface area contributed by atoms with Gasteiger partial charge in [0.15, 0.2) is 0 Å². The van der Waals surface area contributed by atoms with Gasteiger partial charge in [-0.1, -0.05) is 12.1 Å². The minimum atomic E-state index is -0.137. The molecular weight excluding hydrogens is 254 g/mol. The van der Waals surface area contributed by atoms with Crippen LogP contribution in [0.25, 0.3) is 0 Å². The number of alkyl halides is 1. The fourth-order valence-electron chi connectivity index (χ4n) is 2.02. The van der Waals surface area contributed by atoms with E-state index in [1.165, 1.54) is 0 Å². The second-order valence-electron chi connectivity index (χ2n) is 4.06. The molecule has 2 aromatic rings. The van der Waals surface area contributed by atoms with E-state index in [4.69, 9.17) is 11.6 Å². The van der Waals surface area contributed by atoms with Gasteiger partial charge in [0, 0.05) is 5.69 Å². The van der Waals surface area contributed by atoms with Gasteiger partial charge in [0.1, 0.15) is 0 Å². The molecule has 1 aromatic carbocycles. The number of anilines is 1. The molecule has 2 nitrogen and oxygen atoms in total. The van der Waals surface area contributed by atoms with Gasteiger partial charge < -0.3 is 5.32 Å². The number of rotatable bonds is 2. The first-order chi connectivity index (χ1) is 8.24. The molecule has 1 aromatic heterocycles. The first-order valence-electron chi connectivity index (χ1n) is 5.33. The minimum absolute atomic E-state index is 0.0544. The molecule has 1 unspecified atom stereocenters. The van der Waals surface area contributed by atoms with E-state index >= 15 is 0 Å². The van der Waals surface area contributed by atoms with Gasteiger partial charge in [0.2, 0.25) is 5.91 Å². The van der Waals surface area contributed by atoms with Crippen molar-refractivity contribution in [2.45, 2.75) is 11.8 Å². The third-order valence-electron chi connectivity index (χ3n) is 2.88. The van der Waals surface area contributed by atoms with Gasteiger partial charge in [-0.2, -0.15) is 11.3 Å². The zero-order valence-corrected chi connectivity index (χ0v) is 10.5. The van der Waals surface area contributed by atoms with Crippen molar-refractivity contribution in [3.63, 3.8) is 0 Å². The van der Waals surface area contributed by atoms with E-state index in [2.05, 4.69) is 5.32 Å². The van der Waals surface area contributed by atoms with Crippen molar-refractivity contribution >= 4 is 34.5 Å². The second-order valence-corrected chi connectivity index (χ2v) is 5.28. The minimum Gasteiger partial charge on any atom is -0.326 e. The average Bonchev–Trinajstić information content (AvgIpc) is 2.94. The smallest absolute Gasteiger partial charge is 0.228 e.